The molecule has 0 saturated carbocycles. The Morgan fingerprint density at radius 2 is 1.83 bits per heavy atom. The minimum atomic E-state index is -0.462. The Balaban J connectivity index is 1.62. The number of halogens is 1. The van der Waals surface area contributed by atoms with Gasteiger partial charge in [0.2, 0.25) is 0 Å². The fourth-order valence-electron chi connectivity index (χ4n) is 4.44. The van der Waals surface area contributed by atoms with Crippen molar-refractivity contribution in [1.82, 2.24) is 9.80 Å². The van der Waals surface area contributed by atoms with E-state index in [0.29, 0.717) is 36.7 Å². The molecule has 2 saturated heterocycles. The molecule has 2 aliphatic rings. The SMILES string of the molecule is CCC(COc1cc(Cl)ccc1C1CCN(C(=O)OC(C)(C)C)CC1)N1CCCC1. The second-order valence-electron chi connectivity index (χ2n) is 9.54. The number of benzene rings is 1. The van der Waals surface area contributed by atoms with E-state index in [-0.39, 0.29) is 6.09 Å². The molecule has 6 heteroatoms. The molecule has 0 bridgehead atoms. The van der Waals surface area contributed by atoms with Crippen LogP contribution >= 0.6 is 11.6 Å². The van der Waals surface area contributed by atoms with Crippen LogP contribution in [0.25, 0.3) is 0 Å². The average molecular weight is 437 g/mol. The van der Waals surface area contributed by atoms with Crippen molar-refractivity contribution < 1.29 is 14.3 Å². The van der Waals surface area contributed by atoms with Crippen molar-refractivity contribution in [2.45, 2.75) is 77.4 Å². The van der Waals surface area contributed by atoms with E-state index in [0.717, 1.165) is 25.0 Å². The molecule has 0 N–H and O–H groups in total. The molecular weight excluding hydrogens is 400 g/mol. The third-order valence-corrected chi connectivity index (χ3v) is 6.36. The van der Waals surface area contributed by atoms with E-state index in [9.17, 15) is 4.79 Å². The predicted octanol–water partition coefficient (Wildman–Crippen LogP) is 5.71. The normalized spacial score (nSPS) is 19.7. The number of hydrogen-bond donors (Lipinski definition) is 0. The standard InChI is InChI=1S/C24H37ClN2O3/c1-5-20(26-12-6-7-13-26)17-29-22-16-19(25)8-9-21(22)18-10-14-27(15-11-18)23(28)30-24(2,3)4/h8-9,16,18,20H,5-7,10-15,17H2,1-4H3. The highest BCUT2D eigenvalue weighted by Gasteiger charge is 2.29. The van der Waals surface area contributed by atoms with Crippen molar-refractivity contribution >= 4 is 17.7 Å². The van der Waals surface area contributed by atoms with Gasteiger partial charge in [0, 0.05) is 24.2 Å². The van der Waals surface area contributed by atoms with Crippen LogP contribution in [0.4, 0.5) is 4.79 Å². The molecule has 0 aliphatic carbocycles. The first kappa shape index (κ1) is 23.2. The number of amides is 1. The van der Waals surface area contributed by atoms with Gasteiger partial charge in [0.05, 0.1) is 0 Å². The van der Waals surface area contributed by atoms with Gasteiger partial charge in [0.25, 0.3) is 0 Å². The molecule has 1 amide bonds. The van der Waals surface area contributed by atoms with E-state index in [1.54, 1.807) is 0 Å². The number of carbonyl (C=O) groups is 1. The van der Waals surface area contributed by atoms with E-state index in [4.69, 9.17) is 21.1 Å². The van der Waals surface area contributed by atoms with Crippen molar-refractivity contribution in [3.8, 4) is 5.75 Å². The second kappa shape index (κ2) is 10.2. The van der Waals surface area contributed by atoms with Gasteiger partial charge in [-0.05, 0) is 89.6 Å². The molecule has 2 fully saturated rings. The molecule has 1 aromatic rings. The summed E-state index contributed by atoms with van der Waals surface area (Å²) in [6, 6.07) is 6.45. The fraction of sp³-hybridized carbons (Fsp3) is 0.708. The maximum Gasteiger partial charge on any atom is 0.410 e. The smallest absolute Gasteiger partial charge is 0.410 e. The Morgan fingerprint density at radius 1 is 1.17 bits per heavy atom. The minimum absolute atomic E-state index is 0.218. The molecule has 0 radical (unpaired) electrons. The maximum absolute atomic E-state index is 12.4. The van der Waals surface area contributed by atoms with Gasteiger partial charge in [0.15, 0.2) is 0 Å². The Labute approximate surface area is 186 Å². The number of rotatable bonds is 6. The van der Waals surface area contributed by atoms with Gasteiger partial charge in [-0.2, -0.15) is 0 Å². The van der Waals surface area contributed by atoms with Gasteiger partial charge in [-0.3, -0.25) is 4.90 Å². The van der Waals surface area contributed by atoms with Gasteiger partial charge >= 0.3 is 6.09 Å². The summed E-state index contributed by atoms with van der Waals surface area (Å²) in [5.74, 6) is 1.26. The summed E-state index contributed by atoms with van der Waals surface area (Å²) in [7, 11) is 0. The summed E-state index contributed by atoms with van der Waals surface area (Å²) in [6.45, 7) is 12.4. The lowest BCUT2D eigenvalue weighted by Gasteiger charge is -2.34. The highest BCUT2D eigenvalue weighted by molar-refractivity contribution is 6.30. The summed E-state index contributed by atoms with van der Waals surface area (Å²) in [4.78, 5) is 16.7. The molecule has 0 spiro atoms. The van der Waals surface area contributed by atoms with Gasteiger partial charge in [-0.1, -0.05) is 24.6 Å². The molecule has 0 aromatic heterocycles. The lowest BCUT2D eigenvalue weighted by Crippen LogP contribution is -2.41. The molecule has 2 heterocycles. The lowest BCUT2D eigenvalue weighted by atomic mass is 9.89. The first-order valence-electron chi connectivity index (χ1n) is 11.4. The number of piperidine rings is 1. The summed E-state index contributed by atoms with van der Waals surface area (Å²) in [5.41, 5.74) is 0.746. The first-order chi connectivity index (χ1) is 14.3. The summed E-state index contributed by atoms with van der Waals surface area (Å²) in [5, 5.41) is 0.703. The summed E-state index contributed by atoms with van der Waals surface area (Å²) in [6.07, 6.45) is 5.25. The van der Waals surface area contributed by atoms with Gasteiger partial charge < -0.3 is 14.4 Å². The molecule has 2 aliphatic heterocycles. The number of carbonyl (C=O) groups excluding carboxylic acids is 1. The zero-order chi connectivity index (χ0) is 21.7. The second-order valence-corrected chi connectivity index (χ2v) is 9.98. The summed E-state index contributed by atoms with van der Waals surface area (Å²) >= 11 is 6.30. The van der Waals surface area contributed by atoms with E-state index < -0.39 is 5.60 Å². The number of hydrogen-bond acceptors (Lipinski definition) is 4. The Bertz CT molecular complexity index is 705. The van der Waals surface area contributed by atoms with Crippen LogP contribution in [0.15, 0.2) is 18.2 Å². The molecular formula is C24H37ClN2O3. The molecule has 1 unspecified atom stereocenters. The third kappa shape index (κ3) is 6.27. The van der Waals surface area contributed by atoms with Crippen LogP contribution in [0.2, 0.25) is 5.02 Å². The fourth-order valence-corrected chi connectivity index (χ4v) is 4.61. The Kier molecular flexibility index (Phi) is 7.92. The van der Waals surface area contributed by atoms with Crippen LogP contribution < -0.4 is 4.74 Å². The van der Waals surface area contributed by atoms with Crippen molar-refractivity contribution in [2.75, 3.05) is 32.8 Å². The lowest BCUT2D eigenvalue weighted by molar-refractivity contribution is 0.0204. The van der Waals surface area contributed by atoms with E-state index >= 15 is 0 Å². The van der Waals surface area contributed by atoms with Crippen LogP contribution in [0.3, 0.4) is 0 Å². The van der Waals surface area contributed by atoms with Crippen molar-refractivity contribution in [2.24, 2.45) is 0 Å². The monoisotopic (exact) mass is 436 g/mol. The molecule has 1 aromatic carbocycles. The van der Waals surface area contributed by atoms with Gasteiger partial charge in [0.1, 0.15) is 18.0 Å². The van der Waals surface area contributed by atoms with Crippen LogP contribution in [-0.4, -0.2) is 60.3 Å². The first-order valence-corrected chi connectivity index (χ1v) is 11.8. The number of nitrogens with zero attached hydrogens (tertiary/aromatic N) is 2. The highest BCUT2D eigenvalue weighted by atomic mass is 35.5. The minimum Gasteiger partial charge on any atom is -0.492 e. The largest absolute Gasteiger partial charge is 0.492 e. The van der Waals surface area contributed by atoms with Crippen LogP contribution in [0.5, 0.6) is 5.75 Å². The molecule has 1 atom stereocenters. The molecule has 30 heavy (non-hydrogen) atoms. The number of likely N-dealkylation sites (tertiary alicyclic amines) is 2. The van der Waals surface area contributed by atoms with Crippen LogP contribution in [-0.2, 0) is 4.74 Å². The van der Waals surface area contributed by atoms with E-state index in [1.165, 1.54) is 31.5 Å². The third-order valence-electron chi connectivity index (χ3n) is 6.12. The Morgan fingerprint density at radius 3 is 2.43 bits per heavy atom. The highest BCUT2D eigenvalue weighted by Crippen LogP contribution is 2.36. The molecule has 3 rings (SSSR count). The quantitative estimate of drug-likeness (QED) is 0.572. The van der Waals surface area contributed by atoms with Crippen molar-refractivity contribution in [1.29, 1.82) is 0 Å². The van der Waals surface area contributed by atoms with E-state index in [2.05, 4.69) is 17.9 Å². The average Bonchev–Trinajstić information content (AvgIpc) is 3.22. The van der Waals surface area contributed by atoms with Crippen molar-refractivity contribution in [3.05, 3.63) is 28.8 Å². The zero-order valence-electron chi connectivity index (χ0n) is 19.0. The van der Waals surface area contributed by atoms with Gasteiger partial charge in [-0.15, -0.1) is 0 Å². The van der Waals surface area contributed by atoms with Crippen LogP contribution in [0, 0.1) is 0 Å². The van der Waals surface area contributed by atoms with E-state index in [1.807, 2.05) is 37.8 Å². The predicted molar refractivity (Wildman–Crippen MR) is 122 cm³/mol. The van der Waals surface area contributed by atoms with Crippen LogP contribution in [0.1, 0.15) is 71.3 Å². The molecule has 5 nitrogen and oxygen atoms in total. The topological polar surface area (TPSA) is 42.0 Å². The van der Waals surface area contributed by atoms with Gasteiger partial charge in [-0.25, -0.2) is 4.79 Å². The maximum atomic E-state index is 12.4. The van der Waals surface area contributed by atoms with Crippen molar-refractivity contribution in [3.63, 3.8) is 0 Å². The molecule has 168 valence electrons. The Hall–Kier alpha value is -1.46. The zero-order valence-corrected chi connectivity index (χ0v) is 19.7. The summed E-state index contributed by atoms with van der Waals surface area (Å²) < 4.78 is 11.9. The number of ether oxygens (including phenoxy) is 2.